The second-order valence-corrected chi connectivity index (χ2v) is 7.65. The highest BCUT2D eigenvalue weighted by Gasteiger charge is 2.19. The van der Waals surface area contributed by atoms with Gasteiger partial charge in [0.15, 0.2) is 0 Å². The van der Waals surface area contributed by atoms with Gasteiger partial charge in [-0.1, -0.05) is 59.4 Å². The minimum absolute atomic E-state index is 0. The van der Waals surface area contributed by atoms with Crippen LogP contribution in [0.2, 0.25) is 5.02 Å². The average molecular weight is 457 g/mol. The summed E-state index contributed by atoms with van der Waals surface area (Å²) < 4.78 is 0. The fraction of sp³-hybridized carbons (Fsp3) is 0.444. The molecule has 1 saturated heterocycles. The van der Waals surface area contributed by atoms with Crippen LogP contribution in [0.15, 0.2) is 49.0 Å². The molecule has 0 unspecified atom stereocenters. The molecule has 0 amide bonds. The standard InChI is InChI=1S/C22H25ClN4.2C2H6.CH4/c1-4-26-7-9-27(10-8-26)22-6-5-17(14-24-22)20-13-19(23)18-11-15(2)16(3)12-21(18)25-20;2*1-2;/h4-6,11-13,24H,1,7-10,14H2,2-3H3;2*1-2H3;1H4. The lowest BCUT2D eigenvalue weighted by Gasteiger charge is -2.37. The van der Waals surface area contributed by atoms with E-state index in [-0.39, 0.29) is 7.43 Å². The van der Waals surface area contributed by atoms with Gasteiger partial charge in [-0.15, -0.1) is 0 Å². The molecule has 0 spiro atoms. The van der Waals surface area contributed by atoms with Crippen LogP contribution in [0.1, 0.15) is 51.9 Å². The van der Waals surface area contributed by atoms with Gasteiger partial charge in [0.25, 0.3) is 0 Å². The lowest BCUT2D eigenvalue weighted by molar-refractivity contribution is 0.196. The molecular formula is C27H41ClN4. The predicted octanol–water partition coefficient (Wildman–Crippen LogP) is 6.78. The summed E-state index contributed by atoms with van der Waals surface area (Å²) in [4.78, 5) is 9.51. The topological polar surface area (TPSA) is 31.4 Å². The molecule has 2 aromatic rings. The minimum atomic E-state index is 0. The van der Waals surface area contributed by atoms with Gasteiger partial charge in [-0.25, -0.2) is 4.98 Å². The van der Waals surface area contributed by atoms with E-state index >= 15 is 0 Å². The van der Waals surface area contributed by atoms with Crippen LogP contribution in [0.3, 0.4) is 0 Å². The Balaban J connectivity index is 0.000000971. The van der Waals surface area contributed by atoms with Crippen molar-refractivity contribution in [2.45, 2.75) is 49.0 Å². The summed E-state index contributed by atoms with van der Waals surface area (Å²) in [5.41, 5.74) is 5.53. The Bertz CT molecular complexity index is 954. The maximum absolute atomic E-state index is 6.56. The van der Waals surface area contributed by atoms with Crippen molar-refractivity contribution in [1.29, 1.82) is 0 Å². The highest BCUT2D eigenvalue weighted by atomic mass is 35.5. The van der Waals surface area contributed by atoms with Crippen LogP contribution in [0, 0.1) is 13.8 Å². The van der Waals surface area contributed by atoms with E-state index in [2.05, 4.69) is 59.8 Å². The fourth-order valence-corrected chi connectivity index (χ4v) is 3.89. The number of aromatic nitrogens is 1. The average Bonchev–Trinajstić information content (AvgIpc) is 2.83. The van der Waals surface area contributed by atoms with E-state index in [0.29, 0.717) is 0 Å². The zero-order valence-electron chi connectivity index (χ0n) is 19.9. The van der Waals surface area contributed by atoms with E-state index in [4.69, 9.17) is 16.6 Å². The molecule has 1 N–H and O–H groups in total. The normalized spacial score (nSPS) is 15.1. The van der Waals surface area contributed by atoms with Gasteiger partial charge in [0.1, 0.15) is 5.82 Å². The van der Waals surface area contributed by atoms with Crippen LogP contribution < -0.4 is 5.32 Å². The molecule has 0 saturated carbocycles. The monoisotopic (exact) mass is 456 g/mol. The summed E-state index contributed by atoms with van der Waals surface area (Å²) in [7, 11) is 0. The quantitative estimate of drug-likeness (QED) is 0.551. The SMILES string of the molecule is C.C=CN1CCN(C2=CC=C(c3cc(Cl)c4cc(C)c(C)cc4n3)CN2)CC1.CC.CC. The molecule has 32 heavy (non-hydrogen) atoms. The van der Waals surface area contributed by atoms with Crippen LogP contribution >= 0.6 is 11.6 Å². The molecule has 1 aromatic heterocycles. The summed E-state index contributed by atoms with van der Waals surface area (Å²) in [6.45, 7) is 20.9. The molecule has 2 aliphatic rings. The Morgan fingerprint density at radius 3 is 2.16 bits per heavy atom. The third-order valence-electron chi connectivity index (χ3n) is 5.52. The van der Waals surface area contributed by atoms with Crippen LogP contribution in [-0.4, -0.2) is 47.5 Å². The van der Waals surface area contributed by atoms with Gasteiger partial charge in [0.2, 0.25) is 0 Å². The highest BCUT2D eigenvalue weighted by molar-refractivity contribution is 6.35. The van der Waals surface area contributed by atoms with Gasteiger partial charge >= 0.3 is 0 Å². The number of hydrogen-bond donors (Lipinski definition) is 1. The van der Waals surface area contributed by atoms with Crippen LogP contribution in [0.5, 0.6) is 0 Å². The number of benzene rings is 1. The summed E-state index contributed by atoms with van der Waals surface area (Å²) in [5, 5.41) is 5.33. The molecule has 1 aromatic carbocycles. The summed E-state index contributed by atoms with van der Waals surface area (Å²) in [6.07, 6.45) is 6.25. The summed E-state index contributed by atoms with van der Waals surface area (Å²) in [6, 6.07) is 6.23. The first-order chi connectivity index (χ1) is 15.0. The largest absolute Gasteiger partial charge is 0.374 e. The van der Waals surface area contributed by atoms with Crippen LogP contribution in [-0.2, 0) is 0 Å². The van der Waals surface area contributed by atoms with Crippen molar-refractivity contribution in [2.75, 3.05) is 32.7 Å². The Labute approximate surface area is 200 Å². The second kappa shape index (κ2) is 13.2. The third-order valence-corrected chi connectivity index (χ3v) is 5.83. The lowest BCUT2D eigenvalue weighted by Crippen LogP contribution is -2.46. The number of piperazine rings is 1. The van der Waals surface area contributed by atoms with E-state index in [1.54, 1.807) is 0 Å². The first-order valence-corrected chi connectivity index (χ1v) is 11.8. The van der Waals surface area contributed by atoms with Gasteiger partial charge in [-0.3, -0.25) is 0 Å². The summed E-state index contributed by atoms with van der Waals surface area (Å²) in [5.74, 6) is 1.18. The lowest BCUT2D eigenvalue weighted by atomic mass is 10.0. The van der Waals surface area contributed by atoms with E-state index < -0.39 is 0 Å². The van der Waals surface area contributed by atoms with Gasteiger partial charge < -0.3 is 15.1 Å². The number of pyridine rings is 1. The number of allylic oxidation sites excluding steroid dienone is 2. The predicted molar refractivity (Wildman–Crippen MR) is 143 cm³/mol. The second-order valence-electron chi connectivity index (χ2n) is 7.25. The molecule has 4 nitrogen and oxygen atoms in total. The minimum Gasteiger partial charge on any atom is -0.374 e. The van der Waals surface area contributed by atoms with Gasteiger partial charge in [-0.05, 0) is 61.0 Å². The maximum Gasteiger partial charge on any atom is 0.102 e. The van der Waals surface area contributed by atoms with Crippen molar-refractivity contribution in [3.63, 3.8) is 0 Å². The van der Waals surface area contributed by atoms with Crippen molar-refractivity contribution >= 4 is 28.1 Å². The van der Waals surface area contributed by atoms with Crippen molar-refractivity contribution in [3.8, 4) is 0 Å². The molecule has 5 heteroatoms. The van der Waals surface area contributed by atoms with Gasteiger partial charge in [0, 0.05) is 38.1 Å². The Hall–Kier alpha value is -2.46. The number of rotatable bonds is 3. The summed E-state index contributed by atoms with van der Waals surface area (Å²) >= 11 is 6.56. The molecule has 1 fully saturated rings. The molecular weight excluding hydrogens is 416 g/mol. The Morgan fingerprint density at radius 1 is 0.969 bits per heavy atom. The van der Waals surface area contributed by atoms with E-state index in [9.17, 15) is 0 Å². The van der Waals surface area contributed by atoms with Crippen LogP contribution in [0.4, 0.5) is 0 Å². The van der Waals surface area contributed by atoms with Crippen molar-refractivity contribution in [2.24, 2.45) is 0 Å². The van der Waals surface area contributed by atoms with Gasteiger partial charge in [0.05, 0.1) is 16.2 Å². The van der Waals surface area contributed by atoms with E-state index in [0.717, 1.165) is 59.9 Å². The molecule has 3 heterocycles. The number of nitrogens with one attached hydrogen (secondary N) is 1. The molecule has 0 atom stereocenters. The van der Waals surface area contributed by atoms with E-state index in [1.807, 2.05) is 40.0 Å². The number of halogens is 1. The fourth-order valence-electron chi connectivity index (χ4n) is 3.63. The number of hydrogen-bond acceptors (Lipinski definition) is 4. The molecule has 0 bridgehead atoms. The van der Waals surface area contributed by atoms with Crippen molar-refractivity contribution < 1.29 is 0 Å². The Morgan fingerprint density at radius 2 is 1.59 bits per heavy atom. The first-order valence-electron chi connectivity index (χ1n) is 11.4. The molecule has 2 aliphatic heterocycles. The zero-order chi connectivity index (χ0) is 23.0. The smallest absolute Gasteiger partial charge is 0.102 e. The first kappa shape index (κ1) is 27.6. The van der Waals surface area contributed by atoms with Crippen molar-refractivity contribution in [3.05, 3.63) is 70.8 Å². The van der Waals surface area contributed by atoms with Crippen LogP contribution in [0.25, 0.3) is 16.5 Å². The number of fused-ring (bicyclic) bond motifs is 1. The third kappa shape index (κ3) is 6.29. The molecule has 4 rings (SSSR count). The zero-order valence-corrected chi connectivity index (χ0v) is 20.7. The maximum atomic E-state index is 6.56. The van der Waals surface area contributed by atoms with E-state index in [1.165, 1.54) is 16.9 Å². The molecule has 0 aliphatic carbocycles. The Kier molecular flexibility index (Phi) is 11.3. The van der Waals surface area contributed by atoms with Crippen molar-refractivity contribution in [1.82, 2.24) is 20.1 Å². The highest BCUT2D eigenvalue weighted by Crippen LogP contribution is 2.29. The number of nitrogens with zero attached hydrogens (tertiary/aromatic N) is 3. The number of aryl methyl sites for hydroxylation is 2. The van der Waals surface area contributed by atoms with Gasteiger partial charge in [-0.2, -0.15) is 0 Å². The molecule has 0 radical (unpaired) electrons. The molecule has 176 valence electrons. The number of dihydropyridines is 1.